The summed E-state index contributed by atoms with van der Waals surface area (Å²) in [7, 11) is -3.49. The van der Waals surface area contributed by atoms with Crippen LogP contribution in [0.15, 0.2) is 35.5 Å². The van der Waals surface area contributed by atoms with Crippen LogP contribution in [0.3, 0.4) is 0 Å². The normalized spacial score (nSPS) is 22.5. The van der Waals surface area contributed by atoms with E-state index in [2.05, 4.69) is 24.5 Å². The van der Waals surface area contributed by atoms with Crippen molar-refractivity contribution >= 4 is 22.7 Å². The second kappa shape index (κ2) is 7.02. The number of hydrogen-bond donors (Lipinski definition) is 3. The zero-order valence-electron chi connectivity index (χ0n) is 11.0. The first-order chi connectivity index (χ1) is 8.91. The van der Waals surface area contributed by atoms with Crippen molar-refractivity contribution in [3.8, 4) is 0 Å². The second-order valence-corrected chi connectivity index (χ2v) is 6.90. The molecule has 0 aromatic carbocycles. The van der Waals surface area contributed by atoms with Crippen molar-refractivity contribution in [2.24, 2.45) is 5.73 Å². The first-order valence-corrected chi connectivity index (χ1v) is 8.09. The first-order valence-electron chi connectivity index (χ1n) is 6.13. The molecule has 0 amide bonds. The van der Waals surface area contributed by atoms with E-state index in [4.69, 9.17) is 5.73 Å². The van der Waals surface area contributed by atoms with Crippen LogP contribution in [0.4, 0.5) is 0 Å². The number of rotatable bonds is 6. The Bertz CT molecular complexity index is 483. The van der Waals surface area contributed by atoms with Gasteiger partial charge in [-0.3, -0.25) is 0 Å². The Morgan fingerprint density at radius 3 is 2.74 bits per heavy atom. The predicted octanol–water partition coefficient (Wildman–Crippen LogP) is 0.800. The SMILES string of the molecule is C=C/C(=C\C=C(/N)NCC)S(=O)(=O)N1CCC(S)C1. The number of nitrogens with two attached hydrogens (primary N) is 1. The summed E-state index contributed by atoms with van der Waals surface area (Å²) in [6.45, 7) is 7.08. The monoisotopic (exact) mass is 303 g/mol. The van der Waals surface area contributed by atoms with Gasteiger partial charge in [0.25, 0.3) is 0 Å². The van der Waals surface area contributed by atoms with Crippen molar-refractivity contribution in [1.82, 2.24) is 9.62 Å². The van der Waals surface area contributed by atoms with Gasteiger partial charge in [0.05, 0.1) is 10.7 Å². The molecule has 3 N–H and O–H groups in total. The Hall–Kier alpha value is -0.920. The number of hydrogen-bond acceptors (Lipinski definition) is 5. The van der Waals surface area contributed by atoms with E-state index in [1.54, 1.807) is 0 Å². The zero-order chi connectivity index (χ0) is 14.5. The van der Waals surface area contributed by atoms with Gasteiger partial charge in [-0.05, 0) is 31.6 Å². The van der Waals surface area contributed by atoms with E-state index in [0.29, 0.717) is 25.5 Å². The topological polar surface area (TPSA) is 75.4 Å². The zero-order valence-corrected chi connectivity index (χ0v) is 12.8. The van der Waals surface area contributed by atoms with Crippen LogP contribution >= 0.6 is 12.6 Å². The lowest BCUT2D eigenvalue weighted by molar-refractivity contribution is 0.485. The van der Waals surface area contributed by atoms with Crippen LogP contribution in [-0.4, -0.2) is 37.6 Å². The molecule has 1 fully saturated rings. The largest absolute Gasteiger partial charge is 0.386 e. The highest BCUT2D eigenvalue weighted by Gasteiger charge is 2.31. The summed E-state index contributed by atoms with van der Waals surface area (Å²) in [6, 6.07) is 0. The van der Waals surface area contributed by atoms with Gasteiger partial charge in [0.1, 0.15) is 0 Å². The van der Waals surface area contributed by atoms with Crippen LogP contribution in [0.1, 0.15) is 13.3 Å². The molecule has 0 aliphatic carbocycles. The molecule has 1 aliphatic rings. The lowest BCUT2D eigenvalue weighted by Crippen LogP contribution is -2.29. The maximum absolute atomic E-state index is 12.3. The molecular weight excluding hydrogens is 282 g/mol. The van der Waals surface area contributed by atoms with Gasteiger partial charge >= 0.3 is 0 Å². The van der Waals surface area contributed by atoms with E-state index < -0.39 is 10.0 Å². The van der Waals surface area contributed by atoms with Crippen LogP contribution in [0.25, 0.3) is 0 Å². The fourth-order valence-electron chi connectivity index (χ4n) is 1.77. The number of nitrogens with one attached hydrogen (secondary N) is 1. The predicted molar refractivity (Wildman–Crippen MR) is 82.1 cm³/mol. The highest BCUT2D eigenvalue weighted by molar-refractivity contribution is 7.93. The van der Waals surface area contributed by atoms with E-state index in [0.717, 1.165) is 6.42 Å². The van der Waals surface area contributed by atoms with Crippen molar-refractivity contribution < 1.29 is 8.42 Å². The molecule has 1 unspecified atom stereocenters. The minimum Gasteiger partial charge on any atom is -0.386 e. The molecule has 0 spiro atoms. The van der Waals surface area contributed by atoms with Crippen LogP contribution in [0.5, 0.6) is 0 Å². The molecule has 5 nitrogen and oxygen atoms in total. The van der Waals surface area contributed by atoms with Crippen molar-refractivity contribution in [2.75, 3.05) is 19.6 Å². The van der Waals surface area contributed by atoms with Gasteiger partial charge in [0.15, 0.2) is 0 Å². The van der Waals surface area contributed by atoms with Gasteiger partial charge < -0.3 is 11.1 Å². The van der Waals surface area contributed by atoms with Crippen molar-refractivity contribution in [2.45, 2.75) is 18.6 Å². The van der Waals surface area contributed by atoms with E-state index in [1.807, 2.05) is 6.92 Å². The summed E-state index contributed by atoms with van der Waals surface area (Å²) in [4.78, 5) is 0.149. The molecule has 1 rings (SSSR count). The summed E-state index contributed by atoms with van der Waals surface area (Å²) < 4.78 is 26.1. The minimum atomic E-state index is -3.49. The lowest BCUT2D eigenvalue weighted by atomic mass is 10.4. The minimum absolute atomic E-state index is 0.100. The number of nitrogens with zero attached hydrogens (tertiary/aromatic N) is 1. The van der Waals surface area contributed by atoms with Crippen LogP contribution in [0, 0.1) is 0 Å². The summed E-state index contributed by atoms with van der Waals surface area (Å²) >= 11 is 4.30. The van der Waals surface area contributed by atoms with E-state index in [1.165, 1.54) is 22.5 Å². The first kappa shape index (κ1) is 16.1. The van der Waals surface area contributed by atoms with Gasteiger partial charge in [-0.2, -0.15) is 16.9 Å². The third-order valence-corrected chi connectivity index (χ3v) is 5.10. The molecule has 0 saturated carbocycles. The molecule has 7 heteroatoms. The summed E-state index contributed by atoms with van der Waals surface area (Å²) in [5.74, 6) is 0.422. The van der Waals surface area contributed by atoms with E-state index in [-0.39, 0.29) is 10.2 Å². The molecule has 19 heavy (non-hydrogen) atoms. The fraction of sp³-hybridized carbons (Fsp3) is 0.500. The molecule has 1 saturated heterocycles. The number of thiol groups is 1. The van der Waals surface area contributed by atoms with Crippen LogP contribution in [-0.2, 0) is 10.0 Å². The van der Waals surface area contributed by atoms with Crippen LogP contribution in [0.2, 0.25) is 0 Å². The highest BCUT2D eigenvalue weighted by atomic mass is 32.2. The third kappa shape index (κ3) is 4.29. The van der Waals surface area contributed by atoms with Gasteiger partial charge in [0, 0.05) is 24.9 Å². The summed E-state index contributed by atoms with van der Waals surface area (Å²) in [6.07, 6.45) is 5.09. The smallest absolute Gasteiger partial charge is 0.243 e. The molecule has 0 aromatic heterocycles. The fourth-order valence-corrected chi connectivity index (χ4v) is 3.67. The van der Waals surface area contributed by atoms with Gasteiger partial charge in [-0.15, -0.1) is 0 Å². The number of sulfonamides is 1. The Morgan fingerprint density at radius 2 is 2.26 bits per heavy atom. The van der Waals surface area contributed by atoms with Gasteiger partial charge in [-0.25, -0.2) is 8.42 Å². The maximum Gasteiger partial charge on any atom is 0.243 e. The van der Waals surface area contributed by atoms with E-state index >= 15 is 0 Å². The van der Waals surface area contributed by atoms with Crippen LogP contribution < -0.4 is 11.1 Å². The Morgan fingerprint density at radius 1 is 1.58 bits per heavy atom. The lowest BCUT2D eigenvalue weighted by Gasteiger charge is -2.16. The molecule has 0 aromatic rings. The average Bonchev–Trinajstić information content (AvgIpc) is 2.77. The van der Waals surface area contributed by atoms with Crippen molar-refractivity contribution in [3.05, 3.63) is 35.5 Å². The molecule has 1 aliphatic heterocycles. The third-order valence-electron chi connectivity index (χ3n) is 2.77. The molecular formula is C12H21N3O2S2. The summed E-state index contributed by atoms with van der Waals surface area (Å²) in [5, 5.41) is 2.99. The molecule has 0 radical (unpaired) electrons. The Labute approximate surface area is 120 Å². The Kier molecular flexibility index (Phi) is 5.96. The van der Waals surface area contributed by atoms with Gasteiger partial charge in [0.2, 0.25) is 10.0 Å². The Balaban J connectivity index is 2.93. The van der Waals surface area contributed by atoms with Crippen molar-refractivity contribution in [3.63, 3.8) is 0 Å². The quantitative estimate of drug-likeness (QED) is 0.501. The maximum atomic E-state index is 12.3. The average molecular weight is 303 g/mol. The molecule has 0 bridgehead atoms. The molecule has 1 atom stereocenters. The second-order valence-electron chi connectivity index (χ2n) is 4.23. The highest BCUT2D eigenvalue weighted by Crippen LogP contribution is 2.22. The standard InChI is InChI=1S/C12H21N3O2S2/c1-3-11(5-6-12(13)14-4-2)19(16,17)15-8-7-10(18)9-15/h3,5-6,10,14,18H,1,4,7-9,13H2,2H3/b11-5+,12-6+. The van der Waals surface area contributed by atoms with Crippen molar-refractivity contribution in [1.29, 1.82) is 0 Å². The number of allylic oxidation sites excluding steroid dienone is 3. The summed E-state index contributed by atoms with van der Waals surface area (Å²) in [5.41, 5.74) is 5.66. The molecule has 1 heterocycles. The van der Waals surface area contributed by atoms with Gasteiger partial charge in [-0.1, -0.05) is 6.58 Å². The van der Waals surface area contributed by atoms with E-state index in [9.17, 15) is 8.42 Å². The molecule has 108 valence electrons.